The summed E-state index contributed by atoms with van der Waals surface area (Å²) in [6.45, 7) is 0.982. The molecule has 1 aromatic carbocycles. The first kappa shape index (κ1) is 12.9. The van der Waals surface area contributed by atoms with Gasteiger partial charge in [-0.05, 0) is 37.2 Å². The Kier molecular flexibility index (Phi) is 5.50. The lowest BCUT2D eigenvalue weighted by Crippen LogP contribution is -2.19. The minimum absolute atomic E-state index is 0.774. The van der Waals surface area contributed by atoms with Gasteiger partial charge in [-0.1, -0.05) is 15.9 Å². The minimum Gasteiger partial charge on any atom is -0.496 e. The van der Waals surface area contributed by atoms with Crippen molar-refractivity contribution in [3.05, 3.63) is 28.2 Å². The van der Waals surface area contributed by atoms with E-state index >= 15 is 0 Å². The summed E-state index contributed by atoms with van der Waals surface area (Å²) in [6.07, 6.45) is 0.972. The number of methoxy groups -OCH3 is 1. The second kappa shape index (κ2) is 6.40. The first-order valence-corrected chi connectivity index (χ1v) is 6.21. The van der Waals surface area contributed by atoms with Gasteiger partial charge in [-0.3, -0.25) is 4.90 Å². The molecule has 2 nitrogen and oxygen atoms in total. The van der Waals surface area contributed by atoms with Crippen LogP contribution in [0.3, 0.4) is 0 Å². The van der Waals surface area contributed by atoms with Crippen LogP contribution in [0, 0.1) is 0 Å². The molecule has 15 heavy (non-hydrogen) atoms. The predicted octanol–water partition coefficient (Wildman–Crippen LogP) is 2.82. The van der Waals surface area contributed by atoms with E-state index in [1.54, 1.807) is 7.11 Å². The lowest BCUT2D eigenvalue weighted by atomic mass is 10.1. The number of rotatable bonds is 5. The number of nitrogens with zero attached hydrogens (tertiary/aromatic N) is 1. The Balaban J connectivity index is 2.69. The van der Waals surface area contributed by atoms with Gasteiger partial charge in [0.05, 0.1) is 7.11 Å². The first-order chi connectivity index (χ1) is 7.17. The SMILES string of the molecule is COc1ccc(Br)cc1CCN(C)CS. The zero-order chi connectivity index (χ0) is 11.3. The minimum atomic E-state index is 0.774. The van der Waals surface area contributed by atoms with E-state index in [1.165, 1.54) is 5.56 Å². The predicted molar refractivity (Wildman–Crippen MR) is 70.9 cm³/mol. The largest absolute Gasteiger partial charge is 0.496 e. The molecule has 1 aromatic rings. The van der Waals surface area contributed by atoms with Crippen molar-refractivity contribution >= 4 is 28.6 Å². The van der Waals surface area contributed by atoms with Crippen LogP contribution in [0.2, 0.25) is 0 Å². The molecule has 0 bridgehead atoms. The maximum absolute atomic E-state index is 5.31. The Morgan fingerprint density at radius 3 is 2.80 bits per heavy atom. The summed E-state index contributed by atoms with van der Waals surface area (Å²) < 4.78 is 6.40. The molecule has 0 saturated carbocycles. The van der Waals surface area contributed by atoms with Crippen LogP contribution in [0.1, 0.15) is 5.56 Å². The van der Waals surface area contributed by atoms with Crippen LogP contribution in [0.25, 0.3) is 0 Å². The quantitative estimate of drug-likeness (QED) is 0.661. The Labute approximate surface area is 105 Å². The summed E-state index contributed by atoms with van der Waals surface area (Å²) in [4.78, 5) is 2.16. The summed E-state index contributed by atoms with van der Waals surface area (Å²) in [5.74, 6) is 1.72. The van der Waals surface area contributed by atoms with Gasteiger partial charge in [-0.15, -0.1) is 0 Å². The van der Waals surface area contributed by atoms with Crippen LogP contribution in [-0.2, 0) is 6.42 Å². The van der Waals surface area contributed by atoms with Gasteiger partial charge in [-0.2, -0.15) is 12.6 Å². The van der Waals surface area contributed by atoms with Crippen LogP contribution in [0.4, 0.5) is 0 Å². The van der Waals surface area contributed by atoms with E-state index < -0.39 is 0 Å². The molecule has 1 rings (SSSR count). The molecule has 0 aliphatic carbocycles. The number of ether oxygens (including phenoxy) is 1. The summed E-state index contributed by atoms with van der Waals surface area (Å²) in [5, 5.41) is 0. The summed E-state index contributed by atoms with van der Waals surface area (Å²) >= 11 is 7.68. The van der Waals surface area contributed by atoms with Gasteiger partial charge >= 0.3 is 0 Å². The molecule has 0 aliphatic rings. The monoisotopic (exact) mass is 289 g/mol. The van der Waals surface area contributed by atoms with Crippen LogP contribution in [-0.4, -0.2) is 31.5 Å². The van der Waals surface area contributed by atoms with Crippen LogP contribution in [0.5, 0.6) is 5.75 Å². The molecule has 0 spiro atoms. The smallest absolute Gasteiger partial charge is 0.122 e. The molecule has 4 heteroatoms. The lowest BCUT2D eigenvalue weighted by Gasteiger charge is -2.14. The Hall–Kier alpha value is -0.190. The zero-order valence-corrected chi connectivity index (χ0v) is 11.5. The molecule has 0 fully saturated rings. The van der Waals surface area contributed by atoms with Crippen molar-refractivity contribution in [1.29, 1.82) is 0 Å². The highest BCUT2D eigenvalue weighted by molar-refractivity contribution is 9.10. The normalized spacial score (nSPS) is 10.7. The third-order valence-corrected chi connectivity index (χ3v) is 3.22. The molecule has 0 saturated heterocycles. The van der Waals surface area contributed by atoms with E-state index in [0.29, 0.717) is 0 Å². The Bertz CT molecular complexity index is 319. The Morgan fingerprint density at radius 1 is 1.47 bits per heavy atom. The highest BCUT2D eigenvalue weighted by Crippen LogP contribution is 2.23. The molecule has 0 unspecified atom stereocenters. The molecule has 0 heterocycles. The molecular weight excluding hydrogens is 274 g/mol. The van der Waals surface area contributed by atoms with Crippen molar-refractivity contribution in [2.75, 3.05) is 26.6 Å². The van der Waals surface area contributed by atoms with Gasteiger partial charge in [0.1, 0.15) is 5.75 Å². The number of thiol groups is 1. The van der Waals surface area contributed by atoms with Gasteiger partial charge in [0.25, 0.3) is 0 Å². The van der Waals surface area contributed by atoms with Crippen LogP contribution in [0.15, 0.2) is 22.7 Å². The van der Waals surface area contributed by atoms with Crippen molar-refractivity contribution < 1.29 is 4.74 Å². The zero-order valence-electron chi connectivity index (χ0n) is 9.03. The highest BCUT2D eigenvalue weighted by atomic mass is 79.9. The Morgan fingerprint density at radius 2 is 2.20 bits per heavy atom. The van der Waals surface area contributed by atoms with Crippen molar-refractivity contribution in [2.45, 2.75) is 6.42 Å². The number of halogens is 1. The molecule has 0 aliphatic heterocycles. The molecule has 0 atom stereocenters. The van der Waals surface area contributed by atoms with Crippen LogP contribution < -0.4 is 4.74 Å². The third-order valence-electron chi connectivity index (χ3n) is 2.25. The molecule has 0 aromatic heterocycles. The van der Waals surface area contributed by atoms with Gasteiger partial charge in [0, 0.05) is 16.9 Å². The fourth-order valence-electron chi connectivity index (χ4n) is 1.32. The van der Waals surface area contributed by atoms with E-state index in [4.69, 9.17) is 4.74 Å². The third kappa shape index (κ3) is 4.05. The average Bonchev–Trinajstić information content (AvgIpc) is 2.26. The van der Waals surface area contributed by atoms with Crippen molar-refractivity contribution in [1.82, 2.24) is 4.90 Å². The molecule has 0 amide bonds. The van der Waals surface area contributed by atoms with Gasteiger partial charge < -0.3 is 4.74 Å². The van der Waals surface area contributed by atoms with E-state index in [1.807, 2.05) is 12.1 Å². The van der Waals surface area contributed by atoms with Gasteiger partial charge in [0.15, 0.2) is 0 Å². The summed E-state index contributed by atoms with van der Waals surface area (Å²) in [5.41, 5.74) is 1.22. The number of hydrogen-bond acceptors (Lipinski definition) is 3. The van der Waals surface area contributed by atoms with E-state index in [-0.39, 0.29) is 0 Å². The maximum atomic E-state index is 5.31. The van der Waals surface area contributed by atoms with Crippen molar-refractivity contribution in [3.63, 3.8) is 0 Å². The van der Waals surface area contributed by atoms with Crippen molar-refractivity contribution in [3.8, 4) is 5.75 Å². The summed E-state index contributed by atoms with van der Waals surface area (Å²) in [6, 6.07) is 6.08. The molecule has 0 N–H and O–H groups in total. The van der Waals surface area contributed by atoms with Gasteiger partial charge in [0.2, 0.25) is 0 Å². The number of hydrogen-bond donors (Lipinski definition) is 1. The standard InChI is InChI=1S/C11H16BrNOS/c1-13(8-15)6-5-9-7-10(12)3-4-11(9)14-2/h3-4,7,15H,5-6,8H2,1-2H3. The van der Waals surface area contributed by atoms with Crippen LogP contribution >= 0.6 is 28.6 Å². The number of likely N-dealkylation sites (N-methyl/N-ethyl adjacent to an activating group) is 1. The fraction of sp³-hybridized carbons (Fsp3) is 0.455. The first-order valence-electron chi connectivity index (χ1n) is 4.79. The van der Waals surface area contributed by atoms with Gasteiger partial charge in [-0.25, -0.2) is 0 Å². The molecule has 0 radical (unpaired) electrons. The van der Waals surface area contributed by atoms with Crippen molar-refractivity contribution in [2.24, 2.45) is 0 Å². The fourth-order valence-corrected chi connectivity index (χ4v) is 1.87. The van der Waals surface area contributed by atoms with E-state index in [0.717, 1.165) is 29.1 Å². The lowest BCUT2D eigenvalue weighted by molar-refractivity contribution is 0.384. The second-order valence-corrected chi connectivity index (χ2v) is 4.63. The highest BCUT2D eigenvalue weighted by Gasteiger charge is 2.04. The summed E-state index contributed by atoms with van der Waals surface area (Å²) in [7, 11) is 3.76. The van der Waals surface area contributed by atoms with E-state index in [2.05, 4.69) is 46.6 Å². The van der Waals surface area contributed by atoms with E-state index in [9.17, 15) is 0 Å². The molecular formula is C11H16BrNOS. The average molecular weight is 290 g/mol. The molecule has 84 valence electrons. The second-order valence-electron chi connectivity index (χ2n) is 3.43. The number of benzene rings is 1. The maximum Gasteiger partial charge on any atom is 0.122 e. The topological polar surface area (TPSA) is 12.5 Å².